The van der Waals surface area contributed by atoms with E-state index in [4.69, 9.17) is 4.42 Å². The molecule has 0 amide bonds. The first-order valence-electron chi connectivity index (χ1n) is 8.42. The maximum atomic E-state index is 12.8. The van der Waals surface area contributed by atoms with Crippen molar-refractivity contribution in [2.45, 2.75) is 15.7 Å². The fourth-order valence-electron chi connectivity index (χ4n) is 2.68. The van der Waals surface area contributed by atoms with Crippen molar-refractivity contribution >= 4 is 38.4 Å². The Bertz CT molecular complexity index is 1190. The van der Waals surface area contributed by atoms with E-state index < -0.39 is 10.0 Å². The molecule has 2 aromatic carbocycles. The Morgan fingerprint density at radius 1 is 1.04 bits per heavy atom. The van der Waals surface area contributed by atoms with Gasteiger partial charge < -0.3 is 9.62 Å². The summed E-state index contributed by atoms with van der Waals surface area (Å²) in [6.45, 7) is 0. The number of nitrogens with one attached hydrogen (secondary N) is 1. The lowest BCUT2D eigenvalue weighted by Gasteiger charge is -2.10. The van der Waals surface area contributed by atoms with Crippen LogP contribution in [0.2, 0.25) is 0 Å². The van der Waals surface area contributed by atoms with Crippen molar-refractivity contribution in [1.82, 2.24) is 0 Å². The topological polar surface area (TPSA) is 86.2 Å². The van der Waals surface area contributed by atoms with Gasteiger partial charge in [0.1, 0.15) is 5.58 Å². The van der Waals surface area contributed by atoms with Crippen LogP contribution in [-0.4, -0.2) is 8.42 Å². The van der Waals surface area contributed by atoms with Crippen molar-refractivity contribution < 1.29 is 17.6 Å². The fraction of sp³-hybridized carbons (Fsp3) is 0.0500. The van der Waals surface area contributed by atoms with E-state index >= 15 is 0 Å². The molecule has 0 unspecified atom stereocenters. The van der Waals surface area contributed by atoms with Gasteiger partial charge in [-0.1, -0.05) is 48.5 Å². The molecule has 0 atom stereocenters. The molecule has 0 aliphatic rings. The number of anilines is 1. The van der Waals surface area contributed by atoms with Crippen LogP contribution in [0.3, 0.4) is 0 Å². The molecule has 0 saturated heterocycles. The first-order chi connectivity index (χ1) is 13.5. The predicted molar refractivity (Wildman–Crippen MR) is 108 cm³/mol. The van der Waals surface area contributed by atoms with Gasteiger partial charge in [0.2, 0.25) is 5.09 Å². The third-order valence-electron chi connectivity index (χ3n) is 4.05. The lowest BCUT2D eigenvalue weighted by atomic mass is 10.2. The predicted octanol–water partition coefficient (Wildman–Crippen LogP) is 4.16. The first kappa shape index (κ1) is 18.4. The summed E-state index contributed by atoms with van der Waals surface area (Å²) in [5.74, 6) is 0.601. The van der Waals surface area contributed by atoms with Gasteiger partial charge in [-0.15, -0.1) is 11.8 Å². The maximum Gasteiger partial charge on any atom is 0.295 e. The highest BCUT2D eigenvalue weighted by atomic mass is 32.2. The fourth-order valence-corrected chi connectivity index (χ4v) is 4.76. The molecule has 0 aliphatic carbocycles. The number of pyridine rings is 1. The molecular formula is C20H16N2O4S2. The van der Waals surface area contributed by atoms with Crippen LogP contribution in [0.15, 0.2) is 93.5 Å². The Morgan fingerprint density at radius 2 is 1.79 bits per heavy atom. The van der Waals surface area contributed by atoms with Crippen molar-refractivity contribution in [1.29, 1.82) is 0 Å². The van der Waals surface area contributed by atoms with Crippen LogP contribution in [0.4, 0.5) is 5.69 Å². The molecule has 142 valence electrons. The van der Waals surface area contributed by atoms with Gasteiger partial charge >= 0.3 is 0 Å². The van der Waals surface area contributed by atoms with E-state index in [2.05, 4.69) is 4.72 Å². The molecular weight excluding hydrogens is 396 g/mol. The number of benzene rings is 2. The Hall–Kier alpha value is -2.97. The van der Waals surface area contributed by atoms with Crippen LogP contribution in [0.25, 0.3) is 11.0 Å². The Morgan fingerprint density at radius 3 is 2.57 bits per heavy atom. The molecule has 0 radical (unpaired) electrons. The SMILES string of the molecule is O=S(=O)(Nc1cc[n+]([O-])cc1SCc1ccccc1)c1cc2ccccc2o1. The van der Waals surface area contributed by atoms with Crippen molar-refractivity contribution in [3.63, 3.8) is 0 Å². The van der Waals surface area contributed by atoms with Crippen LogP contribution in [0, 0.1) is 5.21 Å². The molecule has 0 bridgehead atoms. The van der Waals surface area contributed by atoms with E-state index in [1.54, 1.807) is 18.2 Å². The average molecular weight is 412 g/mol. The van der Waals surface area contributed by atoms with Gasteiger partial charge in [0.15, 0.2) is 12.4 Å². The highest BCUT2D eigenvalue weighted by Crippen LogP contribution is 2.31. The van der Waals surface area contributed by atoms with E-state index in [0.717, 1.165) is 5.56 Å². The molecule has 4 aromatic rings. The summed E-state index contributed by atoms with van der Waals surface area (Å²) in [6.07, 6.45) is 2.60. The van der Waals surface area contributed by atoms with Crippen LogP contribution < -0.4 is 9.45 Å². The number of thioether (sulfide) groups is 1. The zero-order chi connectivity index (χ0) is 19.6. The highest BCUT2D eigenvalue weighted by Gasteiger charge is 2.22. The number of para-hydroxylation sites is 1. The van der Waals surface area contributed by atoms with Crippen LogP contribution in [0.1, 0.15) is 5.56 Å². The molecule has 0 spiro atoms. The second-order valence-corrected chi connectivity index (χ2v) is 8.70. The van der Waals surface area contributed by atoms with Crippen molar-refractivity contribution in [3.05, 3.63) is 89.9 Å². The van der Waals surface area contributed by atoms with Crippen molar-refractivity contribution in [2.24, 2.45) is 0 Å². The Balaban J connectivity index is 1.61. The molecule has 1 N–H and O–H groups in total. The second kappa shape index (κ2) is 7.57. The molecule has 6 nitrogen and oxygen atoms in total. The molecule has 4 rings (SSSR count). The summed E-state index contributed by atoms with van der Waals surface area (Å²) in [4.78, 5) is 0.529. The number of hydrogen-bond donors (Lipinski definition) is 1. The van der Waals surface area contributed by atoms with E-state index in [0.29, 0.717) is 32.0 Å². The third kappa shape index (κ3) is 3.97. The number of sulfonamides is 1. The number of fused-ring (bicyclic) bond motifs is 1. The standard InChI is InChI=1S/C20H16N2O4S2/c23-22-11-10-17(19(13-22)27-14-15-6-2-1-3-7-15)21-28(24,25)20-12-16-8-4-5-9-18(16)26-20/h1-13,21H,14H2. The molecule has 28 heavy (non-hydrogen) atoms. The number of aromatic nitrogens is 1. The number of nitrogens with zero attached hydrogens (tertiary/aromatic N) is 1. The second-order valence-electron chi connectivity index (χ2n) is 6.07. The number of hydrogen-bond acceptors (Lipinski definition) is 5. The maximum absolute atomic E-state index is 12.8. The first-order valence-corrected chi connectivity index (χ1v) is 10.9. The van der Waals surface area contributed by atoms with Gasteiger partial charge in [-0.25, -0.2) is 0 Å². The summed E-state index contributed by atoms with van der Waals surface area (Å²) in [5.41, 5.74) is 1.89. The van der Waals surface area contributed by atoms with Crippen molar-refractivity contribution in [2.75, 3.05) is 4.72 Å². The minimum absolute atomic E-state index is 0.174. The van der Waals surface area contributed by atoms with Crippen LogP contribution >= 0.6 is 11.8 Å². The number of rotatable bonds is 6. The zero-order valence-electron chi connectivity index (χ0n) is 14.6. The van der Waals surface area contributed by atoms with Crippen LogP contribution in [0.5, 0.6) is 0 Å². The Kier molecular flexibility index (Phi) is 4.97. The number of furan rings is 1. The summed E-state index contributed by atoms with van der Waals surface area (Å²) < 4.78 is 34.2. The zero-order valence-corrected chi connectivity index (χ0v) is 16.2. The van der Waals surface area contributed by atoms with E-state index in [1.165, 1.54) is 36.3 Å². The largest absolute Gasteiger partial charge is 0.619 e. The molecule has 8 heteroatoms. The van der Waals surface area contributed by atoms with Gasteiger partial charge in [0.05, 0.1) is 10.6 Å². The van der Waals surface area contributed by atoms with Crippen LogP contribution in [-0.2, 0) is 15.8 Å². The minimum atomic E-state index is -3.93. The minimum Gasteiger partial charge on any atom is -0.619 e. The third-order valence-corrected chi connectivity index (χ3v) is 6.38. The summed E-state index contributed by atoms with van der Waals surface area (Å²) >= 11 is 1.38. The smallest absolute Gasteiger partial charge is 0.295 e. The summed E-state index contributed by atoms with van der Waals surface area (Å²) in [7, 11) is -3.93. The molecule has 0 aliphatic heterocycles. The monoisotopic (exact) mass is 412 g/mol. The Labute approximate surface area is 166 Å². The lowest BCUT2D eigenvalue weighted by molar-refractivity contribution is -0.607. The van der Waals surface area contributed by atoms with Gasteiger partial charge in [-0.05, 0) is 11.6 Å². The van der Waals surface area contributed by atoms with E-state index in [9.17, 15) is 13.6 Å². The van der Waals surface area contributed by atoms with Gasteiger partial charge in [0, 0.05) is 23.3 Å². The molecule has 0 fully saturated rings. The summed E-state index contributed by atoms with van der Waals surface area (Å²) in [5, 5.41) is 12.2. The van der Waals surface area contributed by atoms with Gasteiger partial charge in [-0.2, -0.15) is 13.1 Å². The molecule has 2 heterocycles. The lowest BCUT2D eigenvalue weighted by Crippen LogP contribution is -2.25. The van der Waals surface area contributed by atoms with E-state index in [1.807, 2.05) is 36.4 Å². The molecule has 0 saturated carbocycles. The molecule has 2 aromatic heterocycles. The van der Waals surface area contributed by atoms with E-state index in [-0.39, 0.29) is 5.09 Å². The van der Waals surface area contributed by atoms with Gasteiger partial charge in [0.25, 0.3) is 10.0 Å². The van der Waals surface area contributed by atoms with Gasteiger partial charge in [-0.3, -0.25) is 4.72 Å². The normalized spacial score (nSPS) is 11.6. The van der Waals surface area contributed by atoms with Crippen molar-refractivity contribution in [3.8, 4) is 0 Å². The highest BCUT2D eigenvalue weighted by molar-refractivity contribution is 7.98. The average Bonchev–Trinajstić information content (AvgIpc) is 3.14. The quantitative estimate of drug-likeness (QED) is 0.292. The summed E-state index contributed by atoms with van der Waals surface area (Å²) in [6, 6.07) is 19.7.